The fraction of sp³-hybridized carbons (Fsp3) is 0.321. The van der Waals surface area contributed by atoms with Gasteiger partial charge in [0.25, 0.3) is 0 Å². The molecule has 9 heteroatoms. The molecule has 2 heterocycles. The van der Waals surface area contributed by atoms with Crippen molar-refractivity contribution in [3.63, 3.8) is 0 Å². The molecule has 4 N–H and O–H groups in total. The molecule has 0 unspecified atom stereocenters. The van der Waals surface area contributed by atoms with E-state index >= 15 is 0 Å². The molecule has 1 atom stereocenters. The number of hydrazine groups is 2. The number of halogens is 1. The minimum absolute atomic E-state index is 0.164. The maximum atomic E-state index is 9.83. The van der Waals surface area contributed by atoms with Crippen molar-refractivity contribution in [3.8, 4) is 12.1 Å². The summed E-state index contributed by atoms with van der Waals surface area (Å²) in [6, 6.07) is 13.2. The summed E-state index contributed by atoms with van der Waals surface area (Å²) < 4.78 is 26.9. The molecule has 0 spiro atoms. The molecule has 3 aromatic rings. The molecule has 1 aromatic heterocycles. The largest absolute Gasteiger partial charge is 0.383 e. The van der Waals surface area contributed by atoms with Crippen LogP contribution in [-0.2, 0) is 0 Å². The minimum Gasteiger partial charge on any atom is -0.383 e. The lowest BCUT2D eigenvalue weighted by Crippen LogP contribution is -2.38. The summed E-state index contributed by atoms with van der Waals surface area (Å²) in [6.07, 6.45) is 5.32. The van der Waals surface area contributed by atoms with Crippen LogP contribution in [0.1, 0.15) is 60.4 Å². The Balaban J connectivity index is 1.64. The number of nitrogens with zero attached hydrogens (tertiary/aromatic N) is 4. The zero-order valence-corrected chi connectivity index (χ0v) is 21.5. The number of hydrogen-bond donors (Lipinski definition) is 4. The number of nitriles is 2. The fourth-order valence-corrected chi connectivity index (χ4v) is 4.26. The second-order valence-electron chi connectivity index (χ2n) is 10.1. The first-order valence-electron chi connectivity index (χ1n) is 13.5. The van der Waals surface area contributed by atoms with Crippen LogP contribution in [0.2, 0.25) is 5.02 Å². The standard InChI is InChI=1S/C28H29ClN8/c1-28(2,3)16-33-25-19(13-31)14-32-27-22(25)10-20(11-23(27)29)34-26(18-6-4-5-17(9-18)12-30)24-15-37(36-35-24)21-7-8-21/h4-6,9-11,14-15,21,26,34-36H,7-8,16H2,1-3H3,(H,32,33)/t26-/m1/s1/i16D2,26D. The summed E-state index contributed by atoms with van der Waals surface area (Å²) in [7, 11) is 0. The van der Waals surface area contributed by atoms with E-state index in [0.717, 1.165) is 12.8 Å². The van der Waals surface area contributed by atoms with E-state index in [9.17, 15) is 11.9 Å². The molecule has 1 saturated carbocycles. The molecule has 0 radical (unpaired) electrons. The molecule has 0 saturated heterocycles. The molecule has 8 nitrogen and oxygen atoms in total. The van der Waals surface area contributed by atoms with Crippen molar-refractivity contribution in [1.82, 2.24) is 21.0 Å². The highest BCUT2D eigenvalue weighted by atomic mass is 35.5. The van der Waals surface area contributed by atoms with Crippen LogP contribution >= 0.6 is 11.6 Å². The SMILES string of the molecule is [2H]C([2H])(Nc1c(C#N)cnc2c(Cl)cc(N[C@@]([2H])(C3=CN(C4CC4)NN3)c3cccc(C#N)c3)cc12)C(C)(C)C. The molecule has 0 bridgehead atoms. The Kier molecular flexibility index (Phi) is 5.61. The van der Waals surface area contributed by atoms with Gasteiger partial charge in [-0.15, -0.1) is 5.53 Å². The third-order valence-corrected chi connectivity index (χ3v) is 6.24. The molecular formula is C28H29ClN8. The van der Waals surface area contributed by atoms with Crippen LogP contribution in [0.15, 0.2) is 54.5 Å². The van der Waals surface area contributed by atoms with E-state index in [1.165, 1.54) is 6.20 Å². The van der Waals surface area contributed by atoms with Crippen molar-refractivity contribution < 1.29 is 4.11 Å². The Bertz CT molecular complexity index is 1600. The van der Waals surface area contributed by atoms with Gasteiger partial charge < -0.3 is 16.1 Å². The van der Waals surface area contributed by atoms with Gasteiger partial charge >= 0.3 is 0 Å². The number of benzene rings is 2. The van der Waals surface area contributed by atoms with E-state index in [2.05, 4.69) is 38.7 Å². The first-order valence-corrected chi connectivity index (χ1v) is 12.4. The predicted molar refractivity (Wildman–Crippen MR) is 146 cm³/mol. The molecule has 1 fully saturated rings. The Morgan fingerprint density at radius 2 is 2.08 bits per heavy atom. The zero-order valence-electron chi connectivity index (χ0n) is 23.8. The summed E-state index contributed by atoms with van der Waals surface area (Å²) in [5.74, 6) is 0. The van der Waals surface area contributed by atoms with Crippen molar-refractivity contribution in [2.24, 2.45) is 5.41 Å². The third kappa shape index (κ3) is 5.41. The Hall–Kier alpha value is -3.98. The molecule has 1 aliphatic heterocycles. The number of pyridine rings is 1. The third-order valence-electron chi connectivity index (χ3n) is 5.95. The van der Waals surface area contributed by atoms with Crippen LogP contribution in [0.4, 0.5) is 11.4 Å². The smallest absolute Gasteiger partial charge is 0.103 e. The van der Waals surface area contributed by atoms with Gasteiger partial charge in [0.1, 0.15) is 6.07 Å². The molecule has 2 aliphatic rings. The van der Waals surface area contributed by atoms with Gasteiger partial charge in [0.2, 0.25) is 0 Å². The molecule has 0 amide bonds. The minimum atomic E-state index is -1.88. The van der Waals surface area contributed by atoms with Crippen LogP contribution < -0.4 is 21.6 Å². The van der Waals surface area contributed by atoms with Gasteiger partial charge in [0.15, 0.2) is 0 Å². The van der Waals surface area contributed by atoms with E-state index in [1.54, 1.807) is 57.2 Å². The van der Waals surface area contributed by atoms with E-state index in [0.29, 0.717) is 39.5 Å². The maximum absolute atomic E-state index is 9.83. The molecule has 188 valence electrons. The van der Waals surface area contributed by atoms with E-state index in [4.69, 9.17) is 14.3 Å². The van der Waals surface area contributed by atoms with Crippen LogP contribution in [0.5, 0.6) is 0 Å². The van der Waals surface area contributed by atoms with E-state index < -0.39 is 17.9 Å². The van der Waals surface area contributed by atoms with Gasteiger partial charge in [-0.05, 0) is 48.1 Å². The van der Waals surface area contributed by atoms with Crippen LogP contribution in [0.25, 0.3) is 10.9 Å². The van der Waals surface area contributed by atoms with Gasteiger partial charge in [-0.3, -0.25) is 9.99 Å². The summed E-state index contributed by atoms with van der Waals surface area (Å²) in [5, 5.41) is 28.2. The second kappa shape index (κ2) is 9.82. The van der Waals surface area contributed by atoms with Crippen molar-refractivity contribution in [2.75, 3.05) is 17.1 Å². The highest BCUT2D eigenvalue weighted by Gasteiger charge is 2.32. The molecule has 5 rings (SSSR count). The first-order chi connectivity index (χ1) is 18.9. The quantitative estimate of drug-likeness (QED) is 0.323. The van der Waals surface area contributed by atoms with Gasteiger partial charge in [-0.25, -0.2) is 0 Å². The number of nitrogens with one attached hydrogen (secondary N) is 4. The van der Waals surface area contributed by atoms with Crippen molar-refractivity contribution in [3.05, 3.63) is 76.2 Å². The van der Waals surface area contributed by atoms with E-state index in [-0.39, 0.29) is 16.3 Å². The van der Waals surface area contributed by atoms with Crippen molar-refractivity contribution in [1.29, 1.82) is 10.5 Å². The predicted octanol–water partition coefficient (Wildman–Crippen LogP) is 5.57. The highest BCUT2D eigenvalue weighted by Crippen LogP contribution is 2.37. The van der Waals surface area contributed by atoms with Crippen molar-refractivity contribution in [2.45, 2.75) is 45.7 Å². The van der Waals surface area contributed by atoms with Crippen LogP contribution in [-0.4, -0.2) is 22.5 Å². The first kappa shape index (κ1) is 21.1. The van der Waals surface area contributed by atoms with Crippen molar-refractivity contribution >= 4 is 33.9 Å². The number of fused-ring (bicyclic) bond motifs is 1. The maximum Gasteiger partial charge on any atom is 0.103 e. The Morgan fingerprint density at radius 1 is 1.27 bits per heavy atom. The molecule has 2 aromatic carbocycles. The topological polar surface area (TPSA) is 112 Å². The van der Waals surface area contributed by atoms with E-state index in [1.807, 2.05) is 11.2 Å². The van der Waals surface area contributed by atoms with Crippen LogP contribution in [0, 0.1) is 28.1 Å². The highest BCUT2D eigenvalue weighted by molar-refractivity contribution is 6.35. The van der Waals surface area contributed by atoms with Crippen LogP contribution in [0.3, 0.4) is 0 Å². The average molecular weight is 516 g/mol. The lowest BCUT2D eigenvalue weighted by Gasteiger charge is -2.23. The summed E-state index contributed by atoms with van der Waals surface area (Å²) in [4.78, 5) is 4.37. The fourth-order valence-electron chi connectivity index (χ4n) is 3.99. The summed E-state index contributed by atoms with van der Waals surface area (Å²) >= 11 is 6.68. The number of rotatable bonds is 7. The molecule has 37 heavy (non-hydrogen) atoms. The molecular weight excluding hydrogens is 484 g/mol. The monoisotopic (exact) mass is 515 g/mol. The number of aromatic nitrogens is 1. The Labute approximate surface area is 226 Å². The van der Waals surface area contributed by atoms with Gasteiger partial charge in [0.05, 0.1) is 46.5 Å². The normalized spacial score (nSPS) is 18.4. The lowest BCUT2D eigenvalue weighted by atomic mass is 9.96. The lowest BCUT2D eigenvalue weighted by molar-refractivity contribution is 0.260. The van der Waals surface area contributed by atoms with Gasteiger partial charge in [0, 0.05) is 38.8 Å². The average Bonchev–Trinajstić information content (AvgIpc) is 3.63. The summed E-state index contributed by atoms with van der Waals surface area (Å²) in [5.41, 5.74) is 8.13. The Morgan fingerprint density at radius 3 is 2.78 bits per heavy atom. The number of hydrogen-bond acceptors (Lipinski definition) is 8. The number of anilines is 2. The van der Waals surface area contributed by atoms with Gasteiger partial charge in [-0.2, -0.15) is 10.5 Å². The molecule has 1 aliphatic carbocycles. The van der Waals surface area contributed by atoms with Gasteiger partial charge in [-0.1, -0.05) is 44.5 Å². The second-order valence-corrected chi connectivity index (χ2v) is 10.5. The zero-order chi connectivity index (χ0) is 28.9. The summed E-state index contributed by atoms with van der Waals surface area (Å²) in [6.45, 7) is 3.41.